The smallest absolute Gasteiger partial charge is 0.221 e. The first-order valence-corrected chi connectivity index (χ1v) is 9.32. The molecule has 1 amide bonds. The van der Waals surface area contributed by atoms with Crippen LogP contribution in [0.15, 0.2) is 54.6 Å². The second kappa shape index (κ2) is 7.47. The van der Waals surface area contributed by atoms with E-state index in [2.05, 4.69) is 10.2 Å². The highest BCUT2D eigenvalue weighted by atomic mass is 19.1. The summed E-state index contributed by atoms with van der Waals surface area (Å²) in [6.07, 6.45) is 0. The Morgan fingerprint density at radius 2 is 1.79 bits per heavy atom. The molecule has 0 fully saturated rings. The molecular weight excluding hydrogens is 371 g/mol. The first-order chi connectivity index (χ1) is 13.9. The molecule has 6 heteroatoms. The van der Waals surface area contributed by atoms with E-state index in [-0.39, 0.29) is 17.3 Å². The molecule has 0 aliphatic carbocycles. The summed E-state index contributed by atoms with van der Waals surface area (Å²) in [7, 11) is 2.01. The lowest BCUT2D eigenvalue weighted by Gasteiger charge is -2.28. The van der Waals surface area contributed by atoms with Gasteiger partial charge in [0.25, 0.3) is 0 Å². The second-order valence-corrected chi connectivity index (χ2v) is 7.03. The van der Waals surface area contributed by atoms with E-state index in [1.165, 1.54) is 19.1 Å². The number of fused-ring (bicyclic) bond motifs is 1. The molecule has 0 atom stereocenters. The van der Waals surface area contributed by atoms with E-state index in [0.717, 1.165) is 23.5 Å². The summed E-state index contributed by atoms with van der Waals surface area (Å²) in [6, 6.07) is 15.6. The number of nitrogens with one attached hydrogen (secondary N) is 1. The number of para-hydroxylation sites is 1. The predicted octanol–water partition coefficient (Wildman–Crippen LogP) is 4.65. The first-order valence-electron chi connectivity index (χ1n) is 9.32. The maximum absolute atomic E-state index is 14.4. The Balaban J connectivity index is 1.73. The van der Waals surface area contributed by atoms with Gasteiger partial charge in [0.15, 0.2) is 0 Å². The normalized spacial score (nSPS) is 12.9. The molecule has 29 heavy (non-hydrogen) atoms. The molecule has 1 aliphatic heterocycles. The van der Waals surface area contributed by atoms with Crippen LogP contribution < -0.4 is 15.0 Å². The molecule has 3 aromatic rings. The molecule has 0 bridgehead atoms. The van der Waals surface area contributed by atoms with Gasteiger partial charge in [0.2, 0.25) is 5.91 Å². The molecule has 148 valence electrons. The number of hydrogen-bond donors (Lipinski definition) is 2. The van der Waals surface area contributed by atoms with Crippen molar-refractivity contribution in [1.82, 2.24) is 0 Å². The van der Waals surface area contributed by atoms with E-state index in [1.807, 2.05) is 37.4 Å². The monoisotopic (exact) mass is 392 g/mol. The molecule has 0 aromatic heterocycles. The van der Waals surface area contributed by atoms with E-state index < -0.39 is 5.82 Å². The summed E-state index contributed by atoms with van der Waals surface area (Å²) in [5.74, 6) is -0.0791. The lowest BCUT2D eigenvalue weighted by Crippen LogP contribution is -2.28. The topological polar surface area (TPSA) is 61.8 Å². The number of benzene rings is 3. The van der Waals surface area contributed by atoms with Crippen molar-refractivity contribution in [3.05, 3.63) is 60.4 Å². The summed E-state index contributed by atoms with van der Waals surface area (Å²) >= 11 is 0. The first kappa shape index (κ1) is 18.8. The zero-order valence-electron chi connectivity index (χ0n) is 16.2. The van der Waals surface area contributed by atoms with Gasteiger partial charge in [0.1, 0.15) is 23.9 Å². The van der Waals surface area contributed by atoms with Crippen molar-refractivity contribution in [2.45, 2.75) is 6.92 Å². The summed E-state index contributed by atoms with van der Waals surface area (Å²) in [4.78, 5) is 13.3. The SMILES string of the molecule is CC(=O)Nc1ccc(-c2cccc(-c3ccc4c(c3)OCCN4C)c2O)cc1F. The van der Waals surface area contributed by atoms with Crippen molar-refractivity contribution in [3.8, 4) is 33.8 Å². The van der Waals surface area contributed by atoms with Crippen molar-refractivity contribution < 1.29 is 19.0 Å². The van der Waals surface area contributed by atoms with Gasteiger partial charge in [-0.2, -0.15) is 0 Å². The van der Waals surface area contributed by atoms with Crippen LogP contribution in [0.4, 0.5) is 15.8 Å². The van der Waals surface area contributed by atoms with Gasteiger partial charge in [0.05, 0.1) is 17.9 Å². The van der Waals surface area contributed by atoms with Crippen LogP contribution in [0.2, 0.25) is 0 Å². The number of halogens is 1. The second-order valence-electron chi connectivity index (χ2n) is 7.03. The summed E-state index contributed by atoms with van der Waals surface area (Å²) in [5, 5.41) is 13.4. The number of phenols is 1. The standard InChI is InChI=1S/C23H21FN2O3/c1-14(27)25-20-8-6-15(12-19(20)24)17-4-3-5-18(23(17)28)16-7-9-21-22(13-16)29-11-10-26(21)2/h3-9,12-13,28H,10-11H2,1-2H3,(H,25,27). The van der Waals surface area contributed by atoms with E-state index in [0.29, 0.717) is 23.3 Å². The fraction of sp³-hybridized carbons (Fsp3) is 0.174. The van der Waals surface area contributed by atoms with Crippen molar-refractivity contribution in [2.24, 2.45) is 0 Å². The van der Waals surface area contributed by atoms with Crippen molar-refractivity contribution >= 4 is 17.3 Å². The molecule has 0 unspecified atom stereocenters. The Kier molecular flexibility index (Phi) is 4.84. The number of ether oxygens (including phenoxy) is 1. The minimum Gasteiger partial charge on any atom is -0.507 e. The Hall–Kier alpha value is -3.54. The molecule has 1 heterocycles. The van der Waals surface area contributed by atoms with Crippen LogP contribution in [0, 0.1) is 5.82 Å². The summed E-state index contributed by atoms with van der Waals surface area (Å²) in [5.41, 5.74) is 3.58. The highest BCUT2D eigenvalue weighted by Crippen LogP contribution is 2.41. The largest absolute Gasteiger partial charge is 0.507 e. The molecule has 0 saturated heterocycles. The summed E-state index contributed by atoms with van der Waals surface area (Å²) in [6.45, 7) is 2.76. The van der Waals surface area contributed by atoms with Gasteiger partial charge < -0.3 is 20.1 Å². The quantitative estimate of drug-likeness (QED) is 0.681. The van der Waals surface area contributed by atoms with E-state index >= 15 is 0 Å². The van der Waals surface area contributed by atoms with Crippen LogP contribution in [-0.2, 0) is 4.79 Å². The molecule has 4 rings (SSSR count). The number of nitrogens with zero attached hydrogens (tertiary/aromatic N) is 1. The fourth-order valence-electron chi connectivity index (χ4n) is 3.51. The average molecular weight is 392 g/mol. The van der Waals surface area contributed by atoms with E-state index in [4.69, 9.17) is 4.74 Å². The number of anilines is 2. The molecule has 5 nitrogen and oxygen atoms in total. The van der Waals surface area contributed by atoms with Crippen LogP contribution in [0.25, 0.3) is 22.3 Å². The lowest BCUT2D eigenvalue weighted by atomic mass is 9.96. The third-order valence-corrected chi connectivity index (χ3v) is 4.99. The van der Waals surface area contributed by atoms with Crippen molar-refractivity contribution in [3.63, 3.8) is 0 Å². The number of likely N-dealkylation sites (N-methyl/N-ethyl adjacent to an activating group) is 1. The van der Waals surface area contributed by atoms with Crippen molar-refractivity contribution in [2.75, 3.05) is 30.4 Å². The Morgan fingerprint density at radius 3 is 2.48 bits per heavy atom. The van der Waals surface area contributed by atoms with E-state index in [9.17, 15) is 14.3 Å². The van der Waals surface area contributed by atoms with Gasteiger partial charge in [-0.15, -0.1) is 0 Å². The maximum atomic E-state index is 14.4. The molecule has 0 saturated carbocycles. The lowest BCUT2D eigenvalue weighted by molar-refractivity contribution is -0.114. The van der Waals surface area contributed by atoms with Crippen LogP contribution in [0.1, 0.15) is 6.92 Å². The molecule has 1 aliphatic rings. The predicted molar refractivity (Wildman–Crippen MR) is 112 cm³/mol. The molecule has 0 radical (unpaired) electrons. The maximum Gasteiger partial charge on any atom is 0.221 e. The Bertz CT molecular complexity index is 1100. The van der Waals surface area contributed by atoms with Gasteiger partial charge >= 0.3 is 0 Å². The molecular formula is C23H21FN2O3. The van der Waals surface area contributed by atoms with Crippen LogP contribution in [0.5, 0.6) is 11.5 Å². The van der Waals surface area contributed by atoms with Gasteiger partial charge in [-0.05, 0) is 35.4 Å². The van der Waals surface area contributed by atoms with Gasteiger partial charge in [-0.3, -0.25) is 4.79 Å². The molecule has 0 spiro atoms. The minimum absolute atomic E-state index is 0.0586. The minimum atomic E-state index is -0.562. The number of aromatic hydroxyl groups is 1. The average Bonchev–Trinajstić information content (AvgIpc) is 2.69. The van der Waals surface area contributed by atoms with E-state index in [1.54, 1.807) is 12.1 Å². The van der Waals surface area contributed by atoms with Gasteiger partial charge in [-0.1, -0.05) is 30.3 Å². The van der Waals surface area contributed by atoms with Crippen molar-refractivity contribution in [1.29, 1.82) is 0 Å². The zero-order valence-corrected chi connectivity index (χ0v) is 16.2. The van der Waals surface area contributed by atoms with Crippen LogP contribution in [0.3, 0.4) is 0 Å². The number of phenolic OH excluding ortho intramolecular Hbond substituents is 1. The number of carbonyl (C=O) groups is 1. The van der Waals surface area contributed by atoms with Crippen LogP contribution >= 0.6 is 0 Å². The summed E-state index contributed by atoms with van der Waals surface area (Å²) < 4.78 is 20.1. The third-order valence-electron chi connectivity index (χ3n) is 4.99. The highest BCUT2D eigenvalue weighted by Gasteiger charge is 2.18. The number of carbonyl (C=O) groups excluding carboxylic acids is 1. The molecule has 2 N–H and O–H groups in total. The van der Waals surface area contributed by atoms with Gasteiger partial charge in [0, 0.05) is 25.1 Å². The van der Waals surface area contributed by atoms with Gasteiger partial charge in [-0.25, -0.2) is 4.39 Å². The Morgan fingerprint density at radius 1 is 1.10 bits per heavy atom. The number of rotatable bonds is 3. The number of amides is 1. The third kappa shape index (κ3) is 3.61. The fourth-order valence-corrected chi connectivity index (χ4v) is 3.51. The Labute approximate surface area is 168 Å². The van der Waals surface area contributed by atoms with Crippen LogP contribution in [-0.4, -0.2) is 31.2 Å². The molecule has 3 aromatic carbocycles. The highest BCUT2D eigenvalue weighted by molar-refractivity contribution is 5.90. The number of hydrogen-bond acceptors (Lipinski definition) is 4. The zero-order chi connectivity index (χ0) is 20.5.